The molecule has 1 saturated heterocycles. The average molecular weight is 404 g/mol. The summed E-state index contributed by atoms with van der Waals surface area (Å²) in [4.78, 5) is 19.3. The van der Waals surface area contributed by atoms with Crippen molar-refractivity contribution in [3.05, 3.63) is 34.6 Å². The van der Waals surface area contributed by atoms with Crippen molar-refractivity contribution in [3.63, 3.8) is 0 Å². The van der Waals surface area contributed by atoms with Gasteiger partial charge in [0.25, 0.3) is 0 Å². The van der Waals surface area contributed by atoms with Gasteiger partial charge >= 0.3 is 0 Å². The normalized spacial score (nSPS) is 21.6. The molecule has 25 heavy (non-hydrogen) atoms. The minimum atomic E-state index is 0.149. The molecule has 2 heterocycles. The molecule has 2 aliphatic rings. The van der Waals surface area contributed by atoms with Crippen LogP contribution in [0.5, 0.6) is 0 Å². The van der Waals surface area contributed by atoms with Gasteiger partial charge in [-0.25, -0.2) is 0 Å². The second-order valence-electron chi connectivity index (χ2n) is 7.07. The van der Waals surface area contributed by atoms with Crippen molar-refractivity contribution in [2.24, 2.45) is 5.92 Å². The van der Waals surface area contributed by atoms with Crippen LogP contribution in [-0.2, 0) is 4.79 Å². The third-order valence-corrected chi connectivity index (χ3v) is 5.86. The van der Waals surface area contributed by atoms with Crippen molar-refractivity contribution in [1.29, 1.82) is 0 Å². The Morgan fingerprint density at radius 2 is 1.88 bits per heavy atom. The molecule has 4 rings (SSSR count). The Kier molecular flexibility index (Phi) is 4.88. The van der Waals surface area contributed by atoms with Crippen molar-refractivity contribution in [2.75, 3.05) is 13.1 Å². The first-order valence-corrected chi connectivity index (χ1v) is 9.88. The van der Waals surface area contributed by atoms with Crippen LogP contribution in [0.3, 0.4) is 0 Å². The molecule has 2 fully saturated rings. The molecule has 1 amide bonds. The van der Waals surface area contributed by atoms with Crippen LogP contribution in [0.25, 0.3) is 11.4 Å². The lowest BCUT2D eigenvalue weighted by Crippen LogP contribution is -2.41. The second kappa shape index (κ2) is 7.28. The minimum absolute atomic E-state index is 0.149. The molecule has 0 bridgehead atoms. The fourth-order valence-electron chi connectivity index (χ4n) is 3.93. The van der Waals surface area contributed by atoms with Crippen molar-refractivity contribution >= 4 is 21.8 Å². The van der Waals surface area contributed by atoms with Crippen LogP contribution < -0.4 is 0 Å². The molecule has 0 spiro atoms. The van der Waals surface area contributed by atoms with E-state index in [0.717, 1.165) is 42.3 Å². The summed E-state index contributed by atoms with van der Waals surface area (Å²) in [5.41, 5.74) is 0.938. The van der Waals surface area contributed by atoms with E-state index in [4.69, 9.17) is 4.52 Å². The maximum absolute atomic E-state index is 12.7. The molecule has 5 nitrogen and oxygen atoms in total. The van der Waals surface area contributed by atoms with Gasteiger partial charge < -0.3 is 9.42 Å². The number of aromatic nitrogens is 2. The number of amides is 1. The highest BCUT2D eigenvalue weighted by molar-refractivity contribution is 9.10. The summed E-state index contributed by atoms with van der Waals surface area (Å²) in [5, 5.41) is 4.13. The summed E-state index contributed by atoms with van der Waals surface area (Å²) < 4.78 is 6.55. The van der Waals surface area contributed by atoms with E-state index in [0.29, 0.717) is 24.2 Å². The van der Waals surface area contributed by atoms with Gasteiger partial charge in [-0.2, -0.15) is 4.98 Å². The number of carbonyl (C=O) groups is 1. The lowest BCUT2D eigenvalue weighted by molar-refractivity contribution is -0.136. The first-order chi connectivity index (χ1) is 12.2. The Bertz CT molecular complexity index is 737. The highest BCUT2D eigenvalue weighted by Crippen LogP contribution is 2.31. The number of benzene rings is 1. The van der Waals surface area contributed by atoms with Gasteiger partial charge in [0, 0.05) is 29.0 Å². The predicted octanol–water partition coefficient (Wildman–Crippen LogP) is 4.40. The van der Waals surface area contributed by atoms with Gasteiger partial charge in [0.2, 0.25) is 17.6 Å². The third kappa shape index (κ3) is 3.64. The molecule has 132 valence electrons. The van der Waals surface area contributed by atoms with Crippen LogP contribution in [0.1, 0.15) is 50.3 Å². The minimum Gasteiger partial charge on any atom is -0.342 e. The average Bonchev–Trinajstić information content (AvgIpc) is 3.34. The molecule has 1 aliphatic carbocycles. The number of piperidine rings is 1. The van der Waals surface area contributed by atoms with Gasteiger partial charge in [0.15, 0.2) is 0 Å². The van der Waals surface area contributed by atoms with E-state index in [1.807, 2.05) is 29.2 Å². The van der Waals surface area contributed by atoms with Crippen molar-refractivity contribution < 1.29 is 9.32 Å². The Hall–Kier alpha value is -1.69. The molecule has 1 saturated carbocycles. The first kappa shape index (κ1) is 16.8. The SMILES string of the molecule is O=C(C1CCCC1)N1CCC[C@@H](c2nc(-c3ccc(Br)cc3)no2)C1. The largest absolute Gasteiger partial charge is 0.342 e. The van der Waals surface area contributed by atoms with Crippen LogP contribution in [0, 0.1) is 5.92 Å². The quantitative estimate of drug-likeness (QED) is 0.761. The molecule has 0 radical (unpaired) electrons. The second-order valence-corrected chi connectivity index (χ2v) is 7.98. The Balaban J connectivity index is 1.46. The Morgan fingerprint density at radius 3 is 2.64 bits per heavy atom. The lowest BCUT2D eigenvalue weighted by atomic mass is 9.96. The highest BCUT2D eigenvalue weighted by atomic mass is 79.9. The summed E-state index contributed by atoms with van der Waals surface area (Å²) in [7, 11) is 0. The Labute approximate surface area is 155 Å². The van der Waals surface area contributed by atoms with Crippen molar-refractivity contribution in [3.8, 4) is 11.4 Å². The van der Waals surface area contributed by atoms with E-state index >= 15 is 0 Å². The molecular formula is C19H22BrN3O2. The summed E-state index contributed by atoms with van der Waals surface area (Å²) in [6.45, 7) is 1.57. The lowest BCUT2D eigenvalue weighted by Gasteiger charge is -2.32. The zero-order chi connectivity index (χ0) is 17.2. The fourth-order valence-corrected chi connectivity index (χ4v) is 4.19. The number of rotatable bonds is 3. The summed E-state index contributed by atoms with van der Waals surface area (Å²) in [6, 6.07) is 7.87. The summed E-state index contributed by atoms with van der Waals surface area (Å²) in [6.07, 6.45) is 6.47. The van der Waals surface area contributed by atoms with E-state index in [2.05, 4.69) is 26.1 Å². The zero-order valence-electron chi connectivity index (χ0n) is 14.2. The molecule has 1 aromatic carbocycles. The van der Waals surface area contributed by atoms with Crippen molar-refractivity contribution in [1.82, 2.24) is 15.0 Å². The standard InChI is InChI=1S/C19H22BrN3O2/c20-16-9-7-13(8-10-16)17-21-18(25-22-17)15-6-3-11-23(12-15)19(24)14-4-1-2-5-14/h7-10,14-15H,1-6,11-12H2/t15-/m1/s1. The number of hydrogen-bond donors (Lipinski definition) is 0. The fraction of sp³-hybridized carbons (Fsp3) is 0.526. The molecule has 1 aliphatic heterocycles. The molecule has 2 aromatic rings. The maximum Gasteiger partial charge on any atom is 0.231 e. The van der Waals surface area contributed by atoms with Gasteiger partial charge in [-0.3, -0.25) is 4.79 Å². The van der Waals surface area contributed by atoms with E-state index in [1.54, 1.807) is 0 Å². The van der Waals surface area contributed by atoms with Crippen LogP contribution in [0.15, 0.2) is 33.3 Å². The van der Waals surface area contributed by atoms with E-state index < -0.39 is 0 Å². The maximum atomic E-state index is 12.7. The number of hydrogen-bond acceptors (Lipinski definition) is 4. The zero-order valence-corrected chi connectivity index (χ0v) is 15.7. The highest BCUT2D eigenvalue weighted by Gasteiger charge is 2.33. The monoisotopic (exact) mass is 403 g/mol. The molecule has 1 aromatic heterocycles. The van der Waals surface area contributed by atoms with Gasteiger partial charge in [0.1, 0.15) is 0 Å². The smallest absolute Gasteiger partial charge is 0.231 e. The number of likely N-dealkylation sites (tertiary alicyclic amines) is 1. The van der Waals surface area contributed by atoms with E-state index in [-0.39, 0.29) is 11.8 Å². The van der Waals surface area contributed by atoms with Crippen LogP contribution >= 0.6 is 15.9 Å². The summed E-state index contributed by atoms with van der Waals surface area (Å²) in [5.74, 6) is 1.98. The molecule has 0 unspecified atom stereocenters. The van der Waals surface area contributed by atoms with Crippen LogP contribution in [0.4, 0.5) is 0 Å². The number of halogens is 1. The number of nitrogens with zero attached hydrogens (tertiary/aromatic N) is 3. The van der Waals surface area contributed by atoms with Gasteiger partial charge in [-0.1, -0.05) is 33.9 Å². The van der Waals surface area contributed by atoms with Crippen LogP contribution in [0.2, 0.25) is 0 Å². The third-order valence-electron chi connectivity index (χ3n) is 5.33. The molecular weight excluding hydrogens is 382 g/mol. The first-order valence-electron chi connectivity index (χ1n) is 9.09. The molecule has 6 heteroatoms. The molecule has 1 atom stereocenters. The molecule has 0 N–H and O–H groups in total. The van der Waals surface area contributed by atoms with Crippen molar-refractivity contribution in [2.45, 2.75) is 44.4 Å². The van der Waals surface area contributed by atoms with Gasteiger partial charge in [0.05, 0.1) is 5.92 Å². The summed E-state index contributed by atoms with van der Waals surface area (Å²) >= 11 is 3.43. The van der Waals surface area contributed by atoms with E-state index in [9.17, 15) is 4.79 Å². The van der Waals surface area contributed by atoms with Gasteiger partial charge in [-0.15, -0.1) is 0 Å². The van der Waals surface area contributed by atoms with Gasteiger partial charge in [-0.05, 0) is 49.9 Å². The Morgan fingerprint density at radius 1 is 1.12 bits per heavy atom. The topological polar surface area (TPSA) is 59.2 Å². The predicted molar refractivity (Wildman–Crippen MR) is 97.9 cm³/mol. The number of carbonyl (C=O) groups excluding carboxylic acids is 1. The van der Waals surface area contributed by atoms with Crippen LogP contribution in [-0.4, -0.2) is 34.0 Å². The van der Waals surface area contributed by atoms with E-state index in [1.165, 1.54) is 12.8 Å².